The fourth-order valence-electron chi connectivity index (χ4n) is 15.7. The Labute approximate surface area is 525 Å². The summed E-state index contributed by atoms with van der Waals surface area (Å²) >= 11 is 0. The Hall–Kier alpha value is -7.02. The highest BCUT2D eigenvalue weighted by Gasteiger charge is 2.30. The highest BCUT2D eigenvalue weighted by molar-refractivity contribution is 5.63. The van der Waals surface area contributed by atoms with Crippen molar-refractivity contribution in [3.8, 4) is 0 Å². The van der Waals surface area contributed by atoms with Gasteiger partial charge in [-0.2, -0.15) is 0 Å². The number of benzene rings is 3. The second-order valence-electron chi connectivity index (χ2n) is 26.9. The van der Waals surface area contributed by atoms with Crippen LogP contribution in [0.5, 0.6) is 0 Å². The third-order valence-corrected chi connectivity index (χ3v) is 20.8. The lowest BCUT2D eigenvalue weighted by Crippen LogP contribution is -2.12. The summed E-state index contributed by atoms with van der Waals surface area (Å²) in [6.07, 6.45) is 88.1. The largest absolute Gasteiger partial charge is 0.0836 e. The minimum atomic E-state index is 0.433. The minimum absolute atomic E-state index is 0.433. The summed E-state index contributed by atoms with van der Waals surface area (Å²) in [7, 11) is 0. The summed E-state index contributed by atoms with van der Waals surface area (Å²) in [4.78, 5) is 0. The average molecular weight is 1140 g/mol. The highest BCUT2D eigenvalue weighted by atomic mass is 14.3. The van der Waals surface area contributed by atoms with E-state index in [1.165, 1.54) is 236 Å². The summed E-state index contributed by atoms with van der Waals surface area (Å²) in [5, 5.41) is 0. The number of hydrogen-bond acceptors (Lipinski definition) is 0. The first kappa shape index (κ1) is 60.3. The number of allylic oxidation sites excluding steroid dienone is 36. The van der Waals surface area contributed by atoms with E-state index in [4.69, 9.17) is 0 Å². The maximum Gasteiger partial charge on any atom is 0.0281 e. The van der Waals surface area contributed by atoms with Crippen LogP contribution in [0, 0.1) is 29.6 Å². The van der Waals surface area contributed by atoms with Gasteiger partial charge in [0.1, 0.15) is 0 Å². The molecule has 0 spiro atoms. The predicted molar refractivity (Wildman–Crippen MR) is 374 cm³/mol. The van der Waals surface area contributed by atoms with Gasteiger partial charge in [0, 0.05) is 17.8 Å². The molecular weight excluding hydrogens is 1040 g/mol. The molecule has 3 aromatic rings. The van der Waals surface area contributed by atoms with E-state index in [2.05, 4.69) is 232 Å². The van der Waals surface area contributed by atoms with Crippen LogP contribution in [0.15, 0.2) is 285 Å². The van der Waals surface area contributed by atoms with Crippen molar-refractivity contribution in [3.63, 3.8) is 0 Å². The van der Waals surface area contributed by atoms with E-state index in [9.17, 15) is 0 Å². The van der Waals surface area contributed by atoms with Crippen molar-refractivity contribution in [2.24, 2.45) is 29.6 Å². The number of rotatable bonds is 18. The average Bonchev–Trinajstić information content (AvgIpc) is 2.60. The molecule has 0 aliphatic heterocycles. The lowest BCUT2D eigenvalue weighted by atomic mass is 9.78. The van der Waals surface area contributed by atoms with Crippen molar-refractivity contribution >= 4 is 0 Å². The Balaban J connectivity index is 0.000000127. The van der Waals surface area contributed by atoms with Crippen LogP contribution in [0.3, 0.4) is 0 Å². The lowest BCUT2D eigenvalue weighted by molar-refractivity contribution is 0.356. The SMILES string of the molecule is C1=CC2C(C3=CCCC=C3)=CC=C(Cc3ccc(C4CCCCC4)cc3)C2=C1.C1=CC2C(C3=CCCC=C3)=CC=C(Cc3ccc(CC4CCCCC4)cc3)C2=C1.CCCCC(CC)Cc1ccc(CC2=CC=C(C3=CCCC=C3)C3C=CC=C23)cc1. The predicted octanol–water partition coefficient (Wildman–Crippen LogP) is 23.4. The molecule has 4 atom stereocenters. The fraction of sp³-hybridized carbons (Fsp3) is 0.379. The van der Waals surface area contributed by atoms with Gasteiger partial charge in [0.05, 0.1) is 0 Å². The number of hydrogen-bond donors (Lipinski definition) is 0. The van der Waals surface area contributed by atoms with E-state index < -0.39 is 0 Å². The Bertz CT molecular complexity index is 3480. The van der Waals surface area contributed by atoms with E-state index in [-0.39, 0.29) is 0 Å². The maximum absolute atomic E-state index is 2.40. The smallest absolute Gasteiger partial charge is 0.0281 e. The third kappa shape index (κ3) is 15.5. The molecule has 4 unspecified atom stereocenters. The van der Waals surface area contributed by atoms with Crippen LogP contribution < -0.4 is 0 Å². The quantitative estimate of drug-likeness (QED) is 0.119. The molecular formula is C87H98. The van der Waals surface area contributed by atoms with Gasteiger partial charge in [-0.3, -0.25) is 0 Å². The fourth-order valence-corrected chi connectivity index (χ4v) is 15.7. The summed E-state index contributed by atoms with van der Waals surface area (Å²) in [6.45, 7) is 4.63. The molecule has 446 valence electrons. The topological polar surface area (TPSA) is 0 Å². The van der Waals surface area contributed by atoms with Gasteiger partial charge >= 0.3 is 0 Å². The first-order valence-electron chi connectivity index (χ1n) is 34.8. The molecule has 0 heterocycles. The molecule has 11 aliphatic carbocycles. The van der Waals surface area contributed by atoms with E-state index >= 15 is 0 Å². The number of fused-ring (bicyclic) bond motifs is 3. The Kier molecular flexibility index (Phi) is 21.0. The molecule has 0 saturated heterocycles. The molecule has 2 fully saturated rings. The van der Waals surface area contributed by atoms with Crippen LogP contribution in [0.1, 0.15) is 182 Å². The first-order chi connectivity index (χ1) is 43.0. The van der Waals surface area contributed by atoms with Crippen molar-refractivity contribution in [1.82, 2.24) is 0 Å². The van der Waals surface area contributed by atoms with Gasteiger partial charge in [-0.25, -0.2) is 0 Å². The van der Waals surface area contributed by atoms with E-state index in [1.54, 1.807) is 5.56 Å². The minimum Gasteiger partial charge on any atom is -0.0836 e. The normalized spacial score (nSPS) is 23.0. The zero-order valence-corrected chi connectivity index (χ0v) is 52.9. The molecule has 0 nitrogen and oxygen atoms in total. The van der Waals surface area contributed by atoms with Gasteiger partial charge in [0.15, 0.2) is 0 Å². The Morgan fingerprint density at radius 1 is 0.391 bits per heavy atom. The van der Waals surface area contributed by atoms with E-state index in [0.717, 1.165) is 37.0 Å². The van der Waals surface area contributed by atoms with Gasteiger partial charge in [-0.1, -0.05) is 310 Å². The van der Waals surface area contributed by atoms with E-state index in [1.807, 2.05) is 0 Å². The van der Waals surface area contributed by atoms with Crippen LogP contribution in [-0.4, -0.2) is 0 Å². The lowest BCUT2D eigenvalue weighted by Gasteiger charge is -2.26. The number of unbranched alkanes of at least 4 members (excludes halogenated alkanes) is 1. The molecule has 0 aromatic heterocycles. The molecule has 11 aliphatic rings. The molecule has 2 saturated carbocycles. The molecule has 0 heteroatoms. The van der Waals surface area contributed by atoms with Crippen molar-refractivity contribution in [2.75, 3.05) is 0 Å². The van der Waals surface area contributed by atoms with Crippen LogP contribution in [0.25, 0.3) is 0 Å². The molecule has 14 rings (SSSR count). The van der Waals surface area contributed by atoms with Crippen LogP contribution in [0.2, 0.25) is 0 Å². The molecule has 0 bridgehead atoms. The zero-order chi connectivity index (χ0) is 59.0. The summed E-state index contributed by atoms with van der Waals surface area (Å²) in [5.74, 6) is 3.86. The standard InChI is InChI=1S/C30H36.C29H32.C28H30/c1-3-5-10-23(4-2)21-24-15-17-25(18-16-24)22-27-19-20-29(26-11-7-6-8-12-26)30-14-9-13-28(27)30;1-3-8-22(9-4-1)20-23-14-16-24(17-15-23)21-26-18-19-28(25-10-5-2-6-11-25)29-13-7-12-27(26)29;1-3-8-22(9-4-1)23-16-14-21(15-17-23)20-25-18-19-27(24-10-5-2-6-11-24)28-13-7-12-26(25)28/h7,9,11-20,23,30H,3-6,8,10,21-22H2,1-2H3;5,7,10-19,22,29H,1-4,6,8-9,20-21H2;5,7,10-19,22,28H,1-4,6,8-9,20H2. The van der Waals surface area contributed by atoms with E-state index in [0.29, 0.717) is 17.8 Å². The summed E-state index contributed by atoms with van der Waals surface area (Å²) < 4.78 is 0. The highest BCUT2D eigenvalue weighted by Crippen LogP contribution is 2.44. The molecule has 87 heavy (non-hydrogen) atoms. The molecule has 0 amide bonds. The van der Waals surface area contributed by atoms with Gasteiger partial charge < -0.3 is 0 Å². The monoisotopic (exact) mass is 1140 g/mol. The van der Waals surface area contributed by atoms with Gasteiger partial charge in [-0.05, 0) is 201 Å². The Morgan fingerprint density at radius 3 is 1.20 bits per heavy atom. The zero-order valence-electron chi connectivity index (χ0n) is 52.9. The molecule has 0 N–H and O–H groups in total. The van der Waals surface area contributed by atoms with Crippen LogP contribution in [-0.2, 0) is 32.1 Å². The van der Waals surface area contributed by atoms with Crippen LogP contribution in [0.4, 0.5) is 0 Å². The summed E-state index contributed by atoms with van der Waals surface area (Å²) in [5.41, 5.74) is 26.4. The van der Waals surface area contributed by atoms with Crippen molar-refractivity contribution in [3.05, 3.63) is 319 Å². The summed E-state index contributed by atoms with van der Waals surface area (Å²) in [6, 6.07) is 28.5. The van der Waals surface area contributed by atoms with Crippen molar-refractivity contribution in [1.29, 1.82) is 0 Å². The third-order valence-electron chi connectivity index (χ3n) is 20.8. The van der Waals surface area contributed by atoms with Gasteiger partial charge in [-0.15, -0.1) is 0 Å². The van der Waals surface area contributed by atoms with Crippen LogP contribution >= 0.6 is 0 Å². The van der Waals surface area contributed by atoms with Gasteiger partial charge in [0.25, 0.3) is 0 Å². The van der Waals surface area contributed by atoms with Gasteiger partial charge in [0.2, 0.25) is 0 Å². The second-order valence-corrected chi connectivity index (χ2v) is 26.9. The van der Waals surface area contributed by atoms with Crippen molar-refractivity contribution < 1.29 is 0 Å². The maximum atomic E-state index is 2.40. The Morgan fingerprint density at radius 2 is 0.793 bits per heavy atom. The second kappa shape index (κ2) is 30.3. The molecule has 3 aromatic carbocycles. The van der Waals surface area contributed by atoms with Crippen molar-refractivity contribution in [2.45, 2.75) is 180 Å². The molecule has 0 radical (unpaired) electrons. The first-order valence-corrected chi connectivity index (χ1v) is 34.8.